The molecule has 18 heavy (non-hydrogen) atoms. The van der Waals surface area contributed by atoms with Gasteiger partial charge >= 0.3 is 0 Å². The molecule has 0 aliphatic heterocycles. The lowest BCUT2D eigenvalue weighted by molar-refractivity contribution is 0.110. The molecule has 0 heterocycles. The van der Waals surface area contributed by atoms with Gasteiger partial charge in [-0.3, -0.25) is 0 Å². The maximum absolute atomic E-state index is 9.93. The minimum absolute atomic E-state index is 0.213. The van der Waals surface area contributed by atoms with Crippen molar-refractivity contribution in [2.24, 2.45) is 5.41 Å². The summed E-state index contributed by atoms with van der Waals surface area (Å²) in [6, 6.07) is 0. The smallest absolute Gasteiger partial charge is 0.0791 e. The van der Waals surface area contributed by atoms with E-state index in [-0.39, 0.29) is 11.5 Å². The van der Waals surface area contributed by atoms with E-state index in [0.717, 1.165) is 39.2 Å². The average Bonchev–Trinajstić information content (AvgIpc) is 2.33. The zero-order chi connectivity index (χ0) is 14.0. The van der Waals surface area contributed by atoms with E-state index in [2.05, 4.69) is 37.9 Å². The first-order chi connectivity index (χ1) is 8.45. The van der Waals surface area contributed by atoms with Crippen molar-refractivity contribution >= 4 is 0 Å². The maximum Gasteiger partial charge on any atom is 0.0791 e. The molecule has 0 bridgehead atoms. The maximum atomic E-state index is 9.93. The predicted molar refractivity (Wildman–Crippen MR) is 76.9 cm³/mol. The molecule has 4 nitrogen and oxygen atoms in total. The molecule has 1 atom stereocenters. The molecule has 0 saturated carbocycles. The molecule has 0 radical (unpaired) electrons. The van der Waals surface area contributed by atoms with Gasteiger partial charge in [0.05, 0.1) is 6.10 Å². The van der Waals surface area contributed by atoms with Crippen molar-refractivity contribution in [3.8, 4) is 0 Å². The van der Waals surface area contributed by atoms with Crippen molar-refractivity contribution < 1.29 is 9.84 Å². The van der Waals surface area contributed by atoms with Crippen LogP contribution in [0.2, 0.25) is 0 Å². The van der Waals surface area contributed by atoms with Crippen LogP contribution < -0.4 is 5.32 Å². The molecule has 0 fully saturated rings. The van der Waals surface area contributed by atoms with E-state index < -0.39 is 0 Å². The molecular weight excluding hydrogens is 228 g/mol. The predicted octanol–water partition coefficient (Wildman–Crippen LogP) is 1.34. The number of nitrogens with zero attached hydrogens (tertiary/aromatic N) is 1. The first-order valence-corrected chi connectivity index (χ1v) is 7.05. The van der Waals surface area contributed by atoms with Crippen LogP contribution >= 0.6 is 0 Å². The highest BCUT2D eigenvalue weighted by Gasteiger charge is 2.17. The largest absolute Gasteiger partial charge is 0.390 e. The molecule has 0 aromatic carbocycles. The van der Waals surface area contributed by atoms with E-state index in [1.807, 2.05) is 0 Å². The average molecular weight is 260 g/mol. The van der Waals surface area contributed by atoms with Crippen LogP contribution in [0.3, 0.4) is 0 Å². The van der Waals surface area contributed by atoms with E-state index in [1.165, 1.54) is 0 Å². The highest BCUT2D eigenvalue weighted by Crippen LogP contribution is 2.18. The Kier molecular flexibility index (Phi) is 9.64. The van der Waals surface area contributed by atoms with E-state index in [1.54, 1.807) is 7.11 Å². The van der Waals surface area contributed by atoms with Gasteiger partial charge in [0.15, 0.2) is 0 Å². The lowest BCUT2D eigenvalue weighted by Gasteiger charge is -2.27. The number of nitrogens with one attached hydrogen (secondary N) is 1. The van der Waals surface area contributed by atoms with Crippen LogP contribution in [0.15, 0.2) is 0 Å². The molecule has 0 aliphatic carbocycles. The minimum atomic E-state index is -0.289. The second kappa shape index (κ2) is 9.73. The third-order valence-corrected chi connectivity index (χ3v) is 3.33. The van der Waals surface area contributed by atoms with Crippen molar-refractivity contribution in [3.63, 3.8) is 0 Å². The number of ether oxygens (including phenoxy) is 1. The molecule has 0 spiro atoms. The number of hydrogen-bond acceptors (Lipinski definition) is 4. The van der Waals surface area contributed by atoms with Crippen LogP contribution in [-0.4, -0.2) is 62.6 Å². The standard InChI is InChI=1S/C14H32N2O2/c1-6-16(7-2)11-13(17)10-15-12-14(3,4)8-9-18-5/h13,15,17H,6-12H2,1-5H3. The Morgan fingerprint density at radius 2 is 1.89 bits per heavy atom. The summed E-state index contributed by atoms with van der Waals surface area (Å²) in [5, 5.41) is 13.3. The van der Waals surface area contributed by atoms with Gasteiger partial charge in [0.2, 0.25) is 0 Å². The third-order valence-electron chi connectivity index (χ3n) is 3.33. The summed E-state index contributed by atoms with van der Waals surface area (Å²) >= 11 is 0. The molecule has 0 saturated heterocycles. The van der Waals surface area contributed by atoms with Crippen LogP contribution in [-0.2, 0) is 4.74 Å². The van der Waals surface area contributed by atoms with Gasteiger partial charge in [-0.25, -0.2) is 0 Å². The molecule has 0 aromatic heterocycles. The second-order valence-corrected chi connectivity index (χ2v) is 5.68. The summed E-state index contributed by atoms with van der Waals surface area (Å²) in [6.45, 7) is 13.8. The molecule has 110 valence electrons. The van der Waals surface area contributed by atoms with Crippen LogP contribution in [0.4, 0.5) is 0 Å². The Labute approximate surface area is 113 Å². The second-order valence-electron chi connectivity index (χ2n) is 5.68. The van der Waals surface area contributed by atoms with E-state index in [9.17, 15) is 5.11 Å². The molecular formula is C14H32N2O2. The molecule has 0 aliphatic rings. The Hall–Kier alpha value is -0.160. The molecule has 0 aromatic rings. The summed E-state index contributed by atoms with van der Waals surface area (Å²) in [5.41, 5.74) is 0.213. The van der Waals surface area contributed by atoms with Gasteiger partial charge < -0.3 is 20.1 Å². The zero-order valence-corrected chi connectivity index (χ0v) is 12.8. The van der Waals surface area contributed by atoms with E-state index >= 15 is 0 Å². The van der Waals surface area contributed by atoms with Crippen molar-refractivity contribution in [2.75, 3.05) is 46.4 Å². The molecule has 2 N–H and O–H groups in total. The van der Waals surface area contributed by atoms with E-state index in [0.29, 0.717) is 6.54 Å². The molecule has 1 unspecified atom stereocenters. The highest BCUT2D eigenvalue weighted by atomic mass is 16.5. The number of hydrogen-bond donors (Lipinski definition) is 2. The van der Waals surface area contributed by atoms with Gasteiger partial charge in [0.25, 0.3) is 0 Å². The fourth-order valence-corrected chi connectivity index (χ4v) is 1.89. The molecule has 0 amide bonds. The van der Waals surface area contributed by atoms with Gasteiger partial charge in [-0.2, -0.15) is 0 Å². The third kappa shape index (κ3) is 8.86. The van der Waals surface area contributed by atoms with E-state index in [4.69, 9.17) is 4.74 Å². The van der Waals surface area contributed by atoms with Crippen LogP contribution in [0.1, 0.15) is 34.1 Å². The Morgan fingerprint density at radius 1 is 1.28 bits per heavy atom. The lowest BCUT2D eigenvalue weighted by atomic mass is 9.90. The van der Waals surface area contributed by atoms with Crippen molar-refractivity contribution in [2.45, 2.75) is 40.2 Å². The lowest BCUT2D eigenvalue weighted by Crippen LogP contribution is -2.41. The summed E-state index contributed by atoms with van der Waals surface area (Å²) < 4.78 is 5.10. The first kappa shape index (κ1) is 17.8. The normalized spacial score (nSPS) is 14.2. The Bertz CT molecular complexity index is 194. The molecule has 4 heteroatoms. The van der Waals surface area contributed by atoms with Crippen LogP contribution in [0.25, 0.3) is 0 Å². The fraction of sp³-hybridized carbons (Fsp3) is 1.00. The number of likely N-dealkylation sites (N-methyl/N-ethyl adjacent to an activating group) is 1. The number of rotatable bonds is 11. The topological polar surface area (TPSA) is 44.7 Å². The van der Waals surface area contributed by atoms with Crippen LogP contribution in [0, 0.1) is 5.41 Å². The van der Waals surface area contributed by atoms with Gasteiger partial charge in [0, 0.05) is 33.4 Å². The van der Waals surface area contributed by atoms with Crippen molar-refractivity contribution in [1.82, 2.24) is 10.2 Å². The Morgan fingerprint density at radius 3 is 2.39 bits per heavy atom. The van der Waals surface area contributed by atoms with Gasteiger partial charge in [-0.1, -0.05) is 27.7 Å². The summed E-state index contributed by atoms with van der Waals surface area (Å²) in [4.78, 5) is 2.24. The summed E-state index contributed by atoms with van der Waals surface area (Å²) in [7, 11) is 1.73. The van der Waals surface area contributed by atoms with Crippen molar-refractivity contribution in [3.05, 3.63) is 0 Å². The molecule has 0 rings (SSSR count). The van der Waals surface area contributed by atoms with Gasteiger partial charge in [-0.05, 0) is 24.9 Å². The monoisotopic (exact) mass is 260 g/mol. The number of methoxy groups -OCH3 is 1. The summed E-state index contributed by atoms with van der Waals surface area (Å²) in [5.74, 6) is 0. The highest BCUT2D eigenvalue weighted by molar-refractivity contribution is 4.73. The quantitative estimate of drug-likeness (QED) is 0.588. The van der Waals surface area contributed by atoms with Gasteiger partial charge in [0.1, 0.15) is 0 Å². The SMILES string of the molecule is CCN(CC)CC(O)CNCC(C)(C)CCOC. The van der Waals surface area contributed by atoms with Crippen LogP contribution in [0.5, 0.6) is 0 Å². The number of aliphatic hydroxyl groups excluding tert-OH is 1. The van der Waals surface area contributed by atoms with Gasteiger partial charge in [-0.15, -0.1) is 0 Å². The minimum Gasteiger partial charge on any atom is -0.390 e. The Balaban J connectivity index is 3.75. The summed E-state index contributed by atoms with van der Waals surface area (Å²) in [6.07, 6.45) is 0.742. The number of aliphatic hydroxyl groups is 1. The van der Waals surface area contributed by atoms with Crippen molar-refractivity contribution in [1.29, 1.82) is 0 Å². The zero-order valence-electron chi connectivity index (χ0n) is 12.8. The first-order valence-electron chi connectivity index (χ1n) is 7.05. The fourth-order valence-electron chi connectivity index (χ4n) is 1.89.